The Bertz CT molecular complexity index is 905. The fourth-order valence-electron chi connectivity index (χ4n) is 6.56. The summed E-state index contributed by atoms with van der Waals surface area (Å²) >= 11 is 0. The SMILES string of the molecule is CCCCCC1CCC(C2CCC(CCc3ccc(-c4ccc(F)c(F)c4)c(F)c3)CC2)CC1. The fourth-order valence-corrected chi connectivity index (χ4v) is 6.56. The van der Waals surface area contributed by atoms with Crippen LogP contribution in [0, 0.1) is 41.1 Å². The van der Waals surface area contributed by atoms with Crippen molar-refractivity contribution in [2.75, 3.05) is 0 Å². The van der Waals surface area contributed by atoms with Gasteiger partial charge in [-0.1, -0.05) is 76.5 Å². The second-order valence-corrected chi connectivity index (χ2v) is 11.0. The standard InChI is InChI=1S/C31H41F3/c1-2-3-4-5-22-8-13-25(14-9-22)26-15-10-23(11-16-26)6-7-24-12-18-28(30(33)20-24)27-17-19-29(32)31(34)21-27/h12,17-23,25-26H,2-11,13-16H2,1H3. The highest BCUT2D eigenvalue weighted by Gasteiger charge is 2.30. The summed E-state index contributed by atoms with van der Waals surface area (Å²) in [6.45, 7) is 2.29. The van der Waals surface area contributed by atoms with Crippen molar-refractivity contribution in [3.05, 3.63) is 59.4 Å². The molecule has 0 bridgehead atoms. The number of rotatable bonds is 9. The van der Waals surface area contributed by atoms with Crippen LogP contribution >= 0.6 is 0 Å². The van der Waals surface area contributed by atoms with Gasteiger partial charge in [-0.15, -0.1) is 0 Å². The molecule has 2 fully saturated rings. The maximum Gasteiger partial charge on any atom is 0.159 e. The molecule has 2 aliphatic rings. The van der Waals surface area contributed by atoms with E-state index in [-0.39, 0.29) is 5.82 Å². The van der Waals surface area contributed by atoms with Crippen molar-refractivity contribution in [3.63, 3.8) is 0 Å². The van der Waals surface area contributed by atoms with E-state index < -0.39 is 11.6 Å². The van der Waals surface area contributed by atoms with Crippen LogP contribution in [0.2, 0.25) is 0 Å². The molecule has 0 N–H and O–H groups in total. The molecule has 2 aromatic carbocycles. The van der Waals surface area contributed by atoms with E-state index in [1.807, 2.05) is 6.07 Å². The normalized spacial score (nSPS) is 25.4. The molecule has 3 heteroatoms. The summed E-state index contributed by atoms with van der Waals surface area (Å²) in [4.78, 5) is 0. The van der Waals surface area contributed by atoms with E-state index in [9.17, 15) is 13.2 Å². The molecule has 0 spiro atoms. The molecule has 0 aliphatic heterocycles. The van der Waals surface area contributed by atoms with Crippen LogP contribution in [0.1, 0.15) is 96.0 Å². The van der Waals surface area contributed by atoms with Gasteiger partial charge >= 0.3 is 0 Å². The zero-order chi connectivity index (χ0) is 23.9. The summed E-state index contributed by atoms with van der Waals surface area (Å²) in [6, 6.07) is 8.74. The van der Waals surface area contributed by atoms with Gasteiger partial charge in [0.2, 0.25) is 0 Å². The van der Waals surface area contributed by atoms with Crippen molar-refractivity contribution in [2.24, 2.45) is 23.7 Å². The largest absolute Gasteiger partial charge is 0.206 e. The molecule has 0 saturated heterocycles. The average molecular weight is 471 g/mol. The van der Waals surface area contributed by atoms with Gasteiger partial charge in [-0.05, 0) is 91.5 Å². The Kier molecular flexibility index (Phi) is 9.14. The van der Waals surface area contributed by atoms with E-state index in [4.69, 9.17) is 0 Å². The molecular formula is C31H41F3. The van der Waals surface area contributed by atoms with Gasteiger partial charge in [-0.3, -0.25) is 0 Å². The van der Waals surface area contributed by atoms with Crippen molar-refractivity contribution in [1.29, 1.82) is 0 Å². The summed E-state index contributed by atoms with van der Waals surface area (Å²) in [5.41, 5.74) is 1.69. The van der Waals surface area contributed by atoms with Gasteiger partial charge in [0, 0.05) is 5.56 Å². The van der Waals surface area contributed by atoms with Gasteiger partial charge in [0.25, 0.3) is 0 Å². The first-order valence-electron chi connectivity index (χ1n) is 13.8. The molecule has 2 aromatic rings. The molecule has 2 saturated carbocycles. The summed E-state index contributed by atoms with van der Waals surface area (Å²) in [5, 5.41) is 0. The van der Waals surface area contributed by atoms with Gasteiger partial charge in [0.05, 0.1) is 0 Å². The third-order valence-electron chi connectivity index (χ3n) is 8.77. The monoisotopic (exact) mass is 470 g/mol. The summed E-state index contributed by atoms with van der Waals surface area (Å²) in [5.74, 6) is 1.41. The highest BCUT2D eigenvalue weighted by atomic mass is 19.2. The summed E-state index contributed by atoms with van der Waals surface area (Å²) in [7, 11) is 0. The lowest BCUT2D eigenvalue weighted by Crippen LogP contribution is -2.26. The molecule has 0 amide bonds. The van der Waals surface area contributed by atoms with Crippen LogP contribution in [0.4, 0.5) is 13.2 Å². The predicted octanol–water partition coefficient (Wildman–Crippen LogP) is 9.90. The van der Waals surface area contributed by atoms with Crippen LogP contribution in [-0.4, -0.2) is 0 Å². The molecule has 0 heterocycles. The van der Waals surface area contributed by atoms with E-state index in [1.54, 1.807) is 12.1 Å². The fraction of sp³-hybridized carbons (Fsp3) is 0.613. The molecule has 4 rings (SSSR count). The van der Waals surface area contributed by atoms with Crippen LogP contribution in [0.5, 0.6) is 0 Å². The van der Waals surface area contributed by atoms with Crippen molar-refractivity contribution in [3.8, 4) is 11.1 Å². The van der Waals surface area contributed by atoms with Crippen LogP contribution in [0.3, 0.4) is 0 Å². The predicted molar refractivity (Wildman–Crippen MR) is 135 cm³/mol. The van der Waals surface area contributed by atoms with Gasteiger partial charge in [0.1, 0.15) is 5.82 Å². The van der Waals surface area contributed by atoms with E-state index in [2.05, 4.69) is 6.92 Å². The van der Waals surface area contributed by atoms with E-state index in [0.717, 1.165) is 54.2 Å². The number of unbranched alkanes of at least 4 members (excludes halogenated alkanes) is 2. The lowest BCUT2D eigenvalue weighted by molar-refractivity contribution is 0.140. The molecule has 186 valence electrons. The lowest BCUT2D eigenvalue weighted by Gasteiger charge is -2.38. The minimum atomic E-state index is -0.948. The Labute approximate surface area is 204 Å². The lowest BCUT2D eigenvalue weighted by atomic mass is 9.68. The average Bonchev–Trinajstić information content (AvgIpc) is 2.86. The van der Waals surface area contributed by atoms with E-state index in [0.29, 0.717) is 11.1 Å². The molecule has 0 nitrogen and oxygen atoms in total. The Morgan fingerprint density at radius 2 is 1.29 bits per heavy atom. The van der Waals surface area contributed by atoms with Crippen molar-refractivity contribution < 1.29 is 13.2 Å². The molecule has 0 radical (unpaired) electrons. The minimum absolute atomic E-state index is 0.322. The second-order valence-electron chi connectivity index (χ2n) is 11.0. The first-order valence-corrected chi connectivity index (χ1v) is 13.8. The highest BCUT2D eigenvalue weighted by Crippen LogP contribution is 2.43. The van der Waals surface area contributed by atoms with Gasteiger partial charge < -0.3 is 0 Å². The third-order valence-corrected chi connectivity index (χ3v) is 8.77. The molecule has 0 atom stereocenters. The molecular weight excluding hydrogens is 429 g/mol. The molecule has 34 heavy (non-hydrogen) atoms. The number of halogens is 3. The van der Waals surface area contributed by atoms with Crippen molar-refractivity contribution in [1.82, 2.24) is 0 Å². The van der Waals surface area contributed by atoms with Crippen molar-refractivity contribution >= 4 is 0 Å². The van der Waals surface area contributed by atoms with Crippen LogP contribution in [0.25, 0.3) is 11.1 Å². The topological polar surface area (TPSA) is 0 Å². The summed E-state index contributed by atoms with van der Waals surface area (Å²) < 4.78 is 41.4. The van der Waals surface area contributed by atoms with E-state index >= 15 is 0 Å². The number of hydrogen-bond donors (Lipinski definition) is 0. The maximum absolute atomic E-state index is 14.7. The quantitative estimate of drug-likeness (QED) is 0.320. The van der Waals surface area contributed by atoms with Gasteiger partial charge in [0.15, 0.2) is 11.6 Å². The van der Waals surface area contributed by atoms with Crippen LogP contribution in [0.15, 0.2) is 36.4 Å². The van der Waals surface area contributed by atoms with E-state index in [1.165, 1.54) is 83.1 Å². The van der Waals surface area contributed by atoms with Gasteiger partial charge in [-0.2, -0.15) is 0 Å². The number of benzene rings is 2. The molecule has 0 aromatic heterocycles. The number of aryl methyl sites for hydroxylation is 1. The maximum atomic E-state index is 14.7. The Balaban J connectivity index is 1.20. The van der Waals surface area contributed by atoms with Crippen molar-refractivity contribution in [2.45, 2.75) is 96.8 Å². The highest BCUT2D eigenvalue weighted by molar-refractivity contribution is 5.64. The van der Waals surface area contributed by atoms with Crippen LogP contribution in [-0.2, 0) is 6.42 Å². The Morgan fingerprint density at radius 1 is 0.647 bits per heavy atom. The second kappa shape index (κ2) is 12.3. The third kappa shape index (κ3) is 6.67. The van der Waals surface area contributed by atoms with Crippen LogP contribution < -0.4 is 0 Å². The molecule has 2 aliphatic carbocycles. The smallest absolute Gasteiger partial charge is 0.159 e. The zero-order valence-electron chi connectivity index (χ0n) is 20.8. The Morgan fingerprint density at radius 3 is 1.88 bits per heavy atom. The summed E-state index contributed by atoms with van der Waals surface area (Å²) in [6.07, 6.45) is 18.8. The Hall–Kier alpha value is -1.77. The minimum Gasteiger partial charge on any atom is -0.206 e. The zero-order valence-corrected chi connectivity index (χ0v) is 20.8. The first kappa shape index (κ1) is 25.3. The number of hydrogen-bond acceptors (Lipinski definition) is 0. The first-order chi connectivity index (χ1) is 16.5. The molecule has 0 unspecified atom stereocenters. The van der Waals surface area contributed by atoms with Gasteiger partial charge in [-0.25, -0.2) is 13.2 Å².